The van der Waals surface area contributed by atoms with Gasteiger partial charge in [-0.25, -0.2) is 13.1 Å². The second-order valence-corrected chi connectivity index (χ2v) is 6.40. The molecule has 1 saturated carbocycles. The van der Waals surface area contributed by atoms with Gasteiger partial charge in [0.25, 0.3) is 0 Å². The molecule has 0 atom stereocenters. The molecule has 2 rings (SSSR count). The molecule has 0 aromatic carbocycles. The van der Waals surface area contributed by atoms with Crippen LogP contribution >= 0.6 is 0 Å². The zero-order chi connectivity index (χ0) is 13.0. The largest absolute Gasteiger partial charge is 0.329 e. The lowest BCUT2D eigenvalue weighted by molar-refractivity contribution is 0.412. The van der Waals surface area contributed by atoms with E-state index in [0.29, 0.717) is 13.1 Å². The lowest BCUT2D eigenvalue weighted by Crippen LogP contribution is -2.36. The fraction of sp³-hybridized carbons (Fsp3) is 0.727. The van der Waals surface area contributed by atoms with Gasteiger partial charge in [0.15, 0.2) is 0 Å². The summed E-state index contributed by atoms with van der Waals surface area (Å²) in [6.07, 6.45) is 8.15. The third-order valence-corrected chi connectivity index (χ3v) is 4.68. The summed E-state index contributed by atoms with van der Waals surface area (Å²) < 4.78 is 28.6. The van der Waals surface area contributed by atoms with E-state index in [9.17, 15) is 8.42 Å². The molecule has 1 aliphatic carbocycles. The van der Waals surface area contributed by atoms with E-state index in [0.717, 1.165) is 25.7 Å². The van der Waals surface area contributed by atoms with Crippen molar-refractivity contribution in [2.24, 2.45) is 5.73 Å². The highest BCUT2D eigenvalue weighted by Crippen LogP contribution is 2.19. The third-order valence-electron chi connectivity index (χ3n) is 3.21. The number of hydrogen-bond acceptors (Lipinski definition) is 4. The van der Waals surface area contributed by atoms with E-state index in [1.807, 2.05) is 0 Å². The minimum Gasteiger partial charge on any atom is -0.329 e. The van der Waals surface area contributed by atoms with Gasteiger partial charge in [-0.05, 0) is 12.8 Å². The van der Waals surface area contributed by atoms with Gasteiger partial charge in [-0.2, -0.15) is 5.10 Å². The molecule has 1 aromatic heterocycles. The van der Waals surface area contributed by atoms with Crippen LogP contribution in [0.25, 0.3) is 0 Å². The molecule has 7 heteroatoms. The second kappa shape index (κ2) is 5.81. The first kappa shape index (κ1) is 13.5. The Morgan fingerprint density at radius 1 is 1.39 bits per heavy atom. The van der Waals surface area contributed by atoms with Crippen molar-refractivity contribution in [1.29, 1.82) is 0 Å². The van der Waals surface area contributed by atoms with Crippen LogP contribution in [0.1, 0.15) is 32.1 Å². The predicted octanol–water partition coefficient (Wildman–Crippen LogP) is 0.453. The number of hydrogen-bond donors (Lipinski definition) is 2. The molecule has 102 valence electrons. The Hall–Kier alpha value is -0.920. The number of aromatic nitrogens is 2. The maximum Gasteiger partial charge on any atom is 0.243 e. The van der Waals surface area contributed by atoms with Gasteiger partial charge in [0, 0.05) is 18.8 Å². The summed E-state index contributed by atoms with van der Waals surface area (Å²) >= 11 is 0. The highest BCUT2D eigenvalue weighted by Gasteiger charge is 2.22. The Labute approximate surface area is 108 Å². The summed E-state index contributed by atoms with van der Waals surface area (Å²) in [4.78, 5) is 0.224. The summed E-state index contributed by atoms with van der Waals surface area (Å²) in [7, 11) is -3.43. The summed E-state index contributed by atoms with van der Waals surface area (Å²) in [6, 6.07) is 0.0709. The lowest BCUT2D eigenvalue weighted by Gasteiger charge is -2.22. The number of nitrogens with zero attached hydrogens (tertiary/aromatic N) is 2. The summed E-state index contributed by atoms with van der Waals surface area (Å²) in [5.74, 6) is 0. The summed E-state index contributed by atoms with van der Waals surface area (Å²) in [5.41, 5.74) is 5.40. The van der Waals surface area contributed by atoms with Crippen molar-refractivity contribution in [1.82, 2.24) is 14.5 Å². The molecular weight excluding hydrogens is 252 g/mol. The van der Waals surface area contributed by atoms with Crippen LogP contribution < -0.4 is 10.5 Å². The first-order chi connectivity index (χ1) is 8.62. The van der Waals surface area contributed by atoms with Crippen LogP contribution in [0.15, 0.2) is 17.3 Å². The number of nitrogens with one attached hydrogen (secondary N) is 1. The molecule has 1 aliphatic rings. The zero-order valence-corrected chi connectivity index (χ0v) is 11.2. The molecule has 18 heavy (non-hydrogen) atoms. The van der Waals surface area contributed by atoms with Gasteiger partial charge < -0.3 is 5.73 Å². The topological polar surface area (TPSA) is 90.0 Å². The predicted molar refractivity (Wildman–Crippen MR) is 68.5 cm³/mol. The van der Waals surface area contributed by atoms with Gasteiger partial charge >= 0.3 is 0 Å². The second-order valence-electron chi connectivity index (χ2n) is 4.68. The van der Waals surface area contributed by atoms with Gasteiger partial charge in [0.05, 0.1) is 12.7 Å². The molecule has 1 fully saturated rings. The van der Waals surface area contributed by atoms with Gasteiger partial charge in [-0.15, -0.1) is 0 Å². The van der Waals surface area contributed by atoms with Crippen molar-refractivity contribution >= 4 is 10.0 Å². The maximum absolute atomic E-state index is 12.1. The molecule has 0 amide bonds. The van der Waals surface area contributed by atoms with Crippen LogP contribution in [-0.2, 0) is 16.6 Å². The third kappa shape index (κ3) is 3.30. The molecule has 1 heterocycles. The first-order valence-electron chi connectivity index (χ1n) is 6.36. The van der Waals surface area contributed by atoms with Crippen LogP contribution in [-0.4, -0.2) is 30.8 Å². The van der Waals surface area contributed by atoms with E-state index in [1.165, 1.54) is 18.8 Å². The molecule has 0 radical (unpaired) electrons. The standard InChI is InChI=1S/C11H20N4O2S/c12-6-7-15-9-11(8-13-15)18(16,17)14-10-4-2-1-3-5-10/h8-10,14H,1-7,12H2. The van der Waals surface area contributed by atoms with Gasteiger partial charge in [0.1, 0.15) is 4.90 Å². The molecule has 6 nitrogen and oxygen atoms in total. The molecule has 0 unspecified atom stereocenters. The van der Waals surface area contributed by atoms with Crippen molar-refractivity contribution in [2.45, 2.75) is 49.6 Å². The van der Waals surface area contributed by atoms with Crippen molar-refractivity contribution in [2.75, 3.05) is 6.54 Å². The highest BCUT2D eigenvalue weighted by molar-refractivity contribution is 7.89. The Morgan fingerprint density at radius 3 is 2.78 bits per heavy atom. The van der Waals surface area contributed by atoms with Crippen LogP contribution in [0.3, 0.4) is 0 Å². The summed E-state index contributed by atoms with van der Waals surface area (Å²) in [5, 5.41) is 3.98. The molecule has 1 aromatic rings. The van der Waals surface area contributed by atoms with Crippen molar-refractivity contribution in [3.8, 4) is 0 Å². The monoisotopic (exact) mass is 272 g/mol. The molecule has 0 bridgehead atoms. The maximum atomic E-state index is 12.1. The van der Waals surface area contributed by atoms with Gasteiger partial charge in [-0.1, -0.05) is 19.3 Å². The quantitative estimate of drug-likeness (QED) is 0.814. The van der Waals surface area contributed by atoms with E-state index in [4.69, 9.17) is 5.73 Å². The first-order valence-corrected chi connectivity index (χ1v) is 7.85. The van der Waals surface area contributed by atoms with Gasteiger partial charge in [0.2, 0.25) is 10.0 Å². The Morgan fingerprint density at radius 2 is 2.11 bits per heavy atom. The van der Waals surface area contributed by atoms with E-state index in [2.05, 4.69) is 9.82 Å². The number of nitrogens with two attached hydrogens (primary N) is 1. The van der Waals surface area contributed by atoms with Crippen molar-refractivity contribution < 1.29 is 8.42 Å². The van der Waals surface area contributed by atoms with E-state index in [1.54, 1.807) is 4.68 Å². The average Bonchev–Trinajstić information content (AvgIpc) is 2.80. The summed E-state index contributed by atoms with van der Waals surface area (Å²) in [6.45, 7) is 0.968. The Bertz CT molecular complexity index is 477. The molecule has 0 spiro atoms. The Kier molecular flexibility index (Phi) is 4.36. The molecular formula is C11H20N4O2S. The fourth-order valence-corrected chi connectivity index (χ4v) is 3.50. The number of rotatable bonds is 5. The average molecular weight is 272 g/mol. The minimum absolute atomic E-state index is 0.0709. The van der Waals surface area contributed by atoms with Crippen molar-refractivity contribution in [3.63, 3.8) is 0 Å². The molecule has 0 aliphatic heterocycles. The van der Waals surface area contributed by atoms with E-state index >= 15 is 0 Å². The molecule has 0 saturated heterocycles. The van der Waals surface area contributed by atoms with Crippen LogP contribution in [0.4, 0.5) is 0 Å². The van der Waals surface area contributed by atoms with E-state index in [-0.39, 0.29) is 10.9 Å². The minimum atomic E-state index is -3.43. The van der Waals surface area contributed by atoms with Gasteiger partial charge in [-0.3, -0.25) is 4.68 Å². The zero-order valence-electron chi connectivity index (χ0n) is 10.4. The smallest absolute Gasteiger partial charge is 0.243 e. The van der Waals surface area contributed by atoms with Crippen LogP contribution in [0.5, 0.6) is 0 Å². The van der Waals surface area contributed by atoms with Crippen molar-refractivity contribution in [3.05, 3.63) is 12.4 Å². The van der Waals surface area contributed by atoms with E-state index < -0.39 is 10.0 Å². The van der Waals surface area contributed by atoms with Crippen LogP contribution in [0.2, 0.25) is 0 Å². The fourth-order valence-electron chi connectivity index (χ4n) is 2.25. The lowest BCUT2D eigenvalue weighted by atomic mass is 9.96. The van der Waals surface area contributed by atoms with Crippen LogP contribution in [0, 0.1) is 0 Å². The Balaban J connectivity index is 2.04. The normalized spacial score (nSPS) is 18.1. The SMILES string of the molecule is NCCn1cc(S(=O)(=O)NC2CCCCC2)cn1. The number of sulfonamides is 1. The highest BCUT2D eigenvalue weighted by atomic mass is 32.2. The molecule has 3 N–H and O–H groups in total.